The third-order valence-corrected chi connectivity index (χ3v) is 6.81. The number of hydrogen-bond donors (Lipinski definition) is 2. The highest BCUT2D eigenvalue weighted by Gasteiger charge is 2.36. The molecule has 0 saturated heterocycles. The Balaban J connectivity index is 3.67. The van der Waals surface area contributed by atoms with E-state index in [9.17, 15) is 0 Å². The van der Waals surface area contributed by atoms with Crippen molar-refractivity contribution in [2.45, 2.75) is 13.8 Å². The zero-order valence-corrected chi connectivity index (χ0v) is 10.3. The first-order valence-corrected chi connectivity index (χ1v) is 8.63. The first-order valence-electron chi connectivity index (χ1n) is 4.00. The lowest BCUT2D eigenvalue weighted by Crippen LogP contribution is -2.13. The Morgan fingerprint density at radius 1 is 1.31 bits per heavy atom. The van der Waals surface area contributed by atoms with Crippen molar-refractivity contribution in [3.8, 4) is 0 Å². The van der Waals surface area contributed by atoms with Gasteiger partial charge in [-0.05, 0) is 13.8 Å². The fourth-order valence-electron chi connectivity index (χ4n) is 0.654. The van der Waals surface area contributed by atoms with Crippen LogP contribution in [0.4, 0.5) is 0 Å². The number of rotatable bonds is 7. The Hall–Kier alpha value is 0.840. The van der Waals surface area contributed by atoms with Crippen molar-refractivity contribution in [3.63, 3.8) is 0 Å². The van der Waals surface area contributed by atoms with Gasteiger partial charge in [0.25, 0.3) is 0 Å². The lowest BCUT2D eigenvalue weighted by atomic mass is 10.8. The van der Waals surface area contributed by atoms with Gasteiger partial charge in [0.1, 0.15) is 12.4 Å². The summed E-state index contributed by atoms with van der Waals surface area (Å²) in [5.41, 5.74) is -3.24. The molecule has 2 N–H and O–H groups in total. The van der Waals surface area contributed by atoms with E-state index in [4.69, 9.17) is 18.7 Å². The topological polar surface area (TPSA) is 58.9 Å². The van der Waals surface area contributed by atoms with Crippen LogP contribution >= 0.6 is 5.69 Å². The van der Waals surface area contributed by atoms with E-state index in [1.165, 1.54) is 0 Å². The number of ether oxygens (including phenoxy) is 1. The van der Waals surface area contributed by atoms with E-state index in [0.717, 1.165) is 0 Å². The Bertz CT molecular complexity index is 172. The van der Waals surface area contributed by atoms with Crippen LogP contribution in [0.5, 0.6) is 0 Å². The molecule has 13 heavy (non-hydrogen) atoms. The van der Waals surface area contributed by atoms with Gasteiger partial charge in [0.2, 0.25) is 10.8 Å². The van der Waals surface area contributed by atoms with Crippen LogP contribution in [0, 0.1) is 0 Å². The summed E-state index contributed by atoms with van der Waals surface area (Å²) in [5, 5.41) is 0. The zero-order chi connectivity index (χ0) is 10.3. The molecule has 80 valence electrons. The van der Waals surface area contributed by atoms with Crippen LogP contribution in [0.2, 0.25) is 0 Å². The molecule has 1 unspecified atom stereocenters. The summed E-state index contributed by atoms with van der Waals surface area (Å²) in [6, 6.07) is 0. The smallest absolute Gasteiger partial charge is 0.379 e. The molecular formula is C6H16O4PS2+. The second-order valence-electron chi connectivity index (χ2n) is 2.12. The molecule has 0 aliphatic carbocycles. The summed E-state index contributed by atoms with van der Waals surface area (Å²) in [6.07, 6.45) is 0. The van der Waals surface area contributed by atoms with Gasteiger partial charge in [-0.3, -0.25) is 0 Å². The van der Waals surface area contributed by atoms with Gasteiger partial charge in [-0.2, -0.15) is 4.18 Å². The molecular weight excluding hydrogens is 231 g/mol. The molecule has 0 spiro atoms. The second-order valence-corrected chi connectivity index (χ2v) is 9.53. The summed E-state index contributed by atoms with van der Waals surface area (Å²) in [6.45, 7) is 5.18. The van der Waals surface area contributed by atoms with Crippen LogP contribution in [0.1, 0.15) is 13.8 Å². The Morgan fingerprint density at radius 2 is 1.92 bits per heavy atom. The van der Waals surface area contributed by atoms with Crippen molar-refractivity contribution < 1.29 is 18.7 Å². The van der Waals surface area contributed by atoms with Gasteiger partial charge in [0.05, 0.1) is 6.61 Å². The normalized spacial score (nSPS) is 14.5. The first-order chi connectivity index (χ1) is 6.02. The standard InChI is InChI=1S/C6H15O4PS2/c1-3-9-5-6-10-13(4-2)11(7,8)12/h3-6H2,1-2H3,(H-,7,8,12)/p+1. The molecule has 0 amide bonds. The molecule has 4 nitrogen and oxygen atoms in total. The van der Waals surface area contributed by atoms with Crippen LogP contribution in [-0.4, -0.2) is 35.4 Å². The molecule has 0 aromatic heterocycles. The van der Waals surface area contributed by atoms with Gasteiger partial charge >= 0.3 is 5.69 Å². The minimum Gasteiger partial charge on any atom is -0.379 e. The van der Waals surface area contributed by atoms with Gasteiger partial charge in [0, 0.05) is 18.4 Å². The fraction of sp³-hybridized carbons (Fsp3) is 1.00. The zero-order valence-electron chi connectivity index (χ0n) is 7.80. The van der Waals surface area contributed by atoms with Gasteiger partial charge in [-0.1, -0.05) is 0 Å². The quantitative estimate of drug-likeness (QED) is 0.396. The molecule has 0 aromatic carbocycles. The molecule has 0 rings (SSSR count). The minimum absolute atomic E-state index is 0.365. The minimum atomic E-state index is -3.24. The van der Waals surface area contributed by atoms with Crippen LogP contribution < -0.4 is 0 Å². The third-order valence-electron chi connectivity index (χ3n) is 1.16. The van der Waals surface area contributed by atoms with E-state index < -0.39 is 16.5 Å². The predicted molar refractivity (Wildman–Crippen MR) is 59.1 cm³/mol. The van der Waals surface area contributed by atoms with Crippen molar-refractivity contribution in [2.24, 2.45) is 0 Å². The summed E-state index contributed by atoms with van der Waals surface area (Å²) < 4.78 is 10.2. The molecule has 0 bridgehead atoms. The van der Waals surface area contributed by atoms with Crippen molar-refractivity contribution in [3.05, 3.63) is 0 Å². The maximum Gasteiger partial charge on any atom is 0.428 e. The second kappa shape index (κ2) is 7.17. The van der Waals surface area contributed by atoms with Crippen molar-refractivity contribution >= 4 is 28.3 Å². The molecule has 1 atom stereocenters. The van der Waals surface area contributed by atoms with Crippen LogP contribution in [0.25, 0.3) is 0 Å². The molecule has 7 heteroatoms. The molecule has 0 aromatic rings. The van der Waals surface area contributed by atoms with Crippen molar-refractivity contribution in [2.75, 3.05) is 25.6 Å². The van der Waals surface area contributed by atoms with Crippen LogP contribution in [0.3, 0.4) is 0 Å². The summed E-state index contributed by atoms with van der Waals surface area (Å²) in [7, 11) is -0.895. The molecule has 0 saturated carbocycles. The van der Waals surface area contributed by atoms with E-state index >= 15 is 0 Å². The lowest BCUT2D eigenvalue weighted by Gasteiger charge is -2.07. The van der Waals surface area contributed by atoms with Crippen molar-refractivity contribution in [1.82, 2.24) is 0 Å². The van der Waals surface area contributed by atoms with Crippen LogP contribution in [-0.2, 0) is 31.5 Å². The SMILES string of the molecule is CCOCCO[S+](CC)P(O)(O)=S. The Morgan fingerprint density at radius 3 is 2.31 bits per heavy atom. The molecule has 0 aliphatic heterocycles. The van der Waals surface area contributed by atoms with Gasteiger partial charge < -0.3 is 14.5 Å². The molecule has 0 fully saturated rings. The van der Waals surface area contributed by atoms with E-state index in [2.05, 4.69) is 11.8 Å². The average Bonchev–Trinajstić information content (AvgIpc) is 2.02. The Labute approximate surface area is 86.7 Å². The highest BCUT2D eigenvalue weighted by Crippen LogP contribution is 2.46. The first kappa shape index (κ1) is 13.8. The van der Waals surface area contributed by atoms with E-state index in [0.29, 0.717) is 25.6 Å². The van der Waals surface area contributed by atoms with E-state index in [1.54, 1.807) is 0 Å². The molecule has 0 radical (unpaired) electrons. The average molecular weight is 247 g/mol. The highest BCUT2D eigenvalue weighted by molar-refractivity contribution is 8.63. The van der Waals surface area contributed by atoms with Crippen molar-refractivity contribution in [1.29, 1.82) is 0 Å². The van der Waals surface area contributed by atoms with Gasteiger partial charge in [0.15, 0.2) is 0 Å². The highest BCUT2D eigenvalue weighted by atomic mass is 33.0. The maximum atomic E-state index is 9.16. The lowest BCUT2D eigenvalue weighted by molar-refractivity contribution is 0.116. The Kier molecular flexibility index (Phi) is 7.64. The fourth-order valence-corrected chi connectivity index (χ4v) is 4.53. The third kappa shape index (κ3) is 6.85. The molecule has 0 heterocycles. The monoisotopic (exact) mass is 247 g/mol. The number of hydrogen-bond acceptors (Lipinski definition) is 3. The van der Waals surface area contributed by atoms with Gasteiger partial charge in [-0.15, -0.1) is 0 Å². The summed E-state index contributed by atoms with van der Waals surface area (Å²) >= 11 is 4.55. The summed E-state index contributed by atoms with van der Waals surface area (Å²) in [5.74, 6) is 0.538. The largest absolute Gasteiger partial charge is 0.428 e. The predicted octanol–water partition coefficient (Wildman–Crippen LogP) is 0.802. The van der Waals surface area contributed by atoms with Gasteiger partial charge in [-0.25, -0.2) is 0 Å². The summed E-state index contributed by atoms with van der Waals surface area (Å²) in [4.78, 5) is 18.3. The van der Waals surface area contributed by atoms with E-state index in [1.807, 2.05) is 13.8 Å². The maximum absolute atomic E-state index is 9.16. The van der Waals surface area contributed by atoms with Crippen LogP contribution in [0.15, 0.2) is 0 Å². The van der Waals surface area contributed by atoms with E-state index in [-0.39, 0.29) is 0 Å². The molecule has 0 aliphatic rings.